The third kappa shape index (κ3) is 4.72. The smallest absolute Gasteiger partial charge is 0.0728 e. The molecule has 0 bridgehead atoms. The normalized spacial score (nSPS) is 30.2. The molecule has 0 spiro atoms. The van der Waals surface area contributed by atoms with E-state index in [1.165, 1.54) is 18.4 Å². The van der Waals surface area contributed by atoms with E-state index in [-0.39, 0.29) is 0 Å². The lowest BCUT2D eigenvalue weighted by Gasteiger charge is -2.40. The number of likely N-dealkylation sites (N-methyl/N-ethyl adjacent to an activating group) is 1. The standard InChI is InChI=1S/C20H31ClN2O/c1-22-11-13-23(14-12-22)16-18-5-3-2-4-10-20(18,24)15-17-6-8-19(21)9-7-17/h6-9,18,24H,2-5,10-16H2,1H3. The highest BCUT2D eigenvalue weighted by Crippen LogP contribution is 2.36. The van der Waals surface area contributed by atoms with Crippen LogP contribution in [0.25, 0.3) is 0 Å². The Hall–Kier alpha value is -0.610. The van der Waals surface area contributed by atoms with Crippen molar-refractivity contribution in [2.24, 2.45) is 5.92 Å². The van der Waals surface area contributed by atoms with Crippen molar-refractivity contribution >= 4 is 11.6 Å². The third-order valence-corrected chi connectivity index (χ3v) is 6.17. The zero-order valence-electron chi connectivity index (χ0n) is 14.9. The fourth-order valence-electron chi connectivity index (χ4n) is 4.26. The molecule has 1 aromatic rings. The van der Waals surface area contributed by atoms with Crippen LogP contribution in [0.2, 0.25) is 5.02 Å². The molecule has 2 atom stereocenters. The number of aliphatic hydroxyl groups is 1. The van der Waals surface area contributed by atoms with Crippen LogP contribution in [0.3, 0.4) is 0 Å². The number of piperazine rings is 1. The molecule has 1 aliphatic heterocycles. The number of halogens is 1. The molecule has 4 heteroatoms. The van der Waals surface area contributed by atoms with E-state index < -0.39 is 5.60 Å². The average molecular weight is 351 g/mol. The van der Waals surface area contributed by atoms with Crippen molar-refractivity contribution in [2.75, 3.05) is 39.8 Å². The Labute approximate surface area is 151 Å². The highest BCUT2D eigenvalue weighted by Gasteiger charge is 2.38. The molecule has 0 aromatic heterocycles. The van der Waals surface area contributed by atoms with Gasteiger partial charge in [-0.15, -0.1) is 0 Å². The SMILES string of the molecule is CN1CCN(CC2CCCCCC2(O)Cc2ccc(Cl)cc2)CC1. The van der Waals surface area contributed by atoms with E-state index >= 15 is 0 Å². The maximum Gasteiger partial charge on any atom is 0.0728 e. The highest BCUT2D eigenvalue weighted by atomic mass is 35.5. The first kappa shape index (κ1) is 18.2. The lowest BCUT2D eigenvalue weighted by molar-refractivity contribution is -0.0405. The molecule has 24 heavy (non-hydrogen) atoms. The lowest BCUT2D eigenvalue weighted by Crippen LogP contribution is -2.50. The molecule has 1 N–H and O–H groups in total. The topological polar surface area (TPSA) is 26.7 Å². The number of hydrogen-bond acceptors (Lipinski definition) is 3. The van der Waals surface area contributed by atoms with Crippen LogP contribution >= 0.6 is 11.6 Å². The minimum Gasteiger partial charge on any atom is -0.389 e. The van der Waals surface area contributed by atoms with Gasteiger partial charge in [-0.25, -0.2) is 0 Å². The Bertz CT molecular complexity index is 513. The van der Waals surface area contributed by atoms with Gasteiger partial charge in [0.2, 0.25) is 0 Å². The molecule has 1 saturated heterocycles. The fourth-order valence-corrected chi connectivity index (χ4v) is 4.39. The van der Waals surface area contributed by atoms with Gasteiger partial charge in [0.1, 0.15) is 0 Å². The molecule has 1 heterocycles. The van der Waals surface area contributed by atoms with Crippen molar-refractivity contribution in [3.63, 3.8) is 0 Å². The van der Waals surface area contributed by atoms with Crippen molar-refractivity contribution in [3.8, 4) is 0 Å². The van der Waals surface area contributed by atoms with E-state index in [9.17, 15) is 5.11 Å². The van der Waals surface area contributed by atoms with Crippen LogP contribution in [0, 0.1) is 5.92 Å². The molecule has 134 valence electrons. The van der Waals surface area contributed by atoms with E-state index in [0.717, 1.165) is 63.4 Å². The van der Waals surface area contributed by atoms with Crippen molar-refractivity contribution in [2.45, 2.75) is 44.1 Å². The quantitative estimate of drug-likeness (QED) is 0.843. The summed E-state index contributed by atoms with van der Waals surface area (Å²) >= 11 is 6.01. The summed E-state index contributed by atoms with van der Waals surface area (Å²) in [5.41, 5.74) is 0.625. The van der Waals surface area contributed by atoms with E-state index in [4.69, 9.17) is 11.6 Å². The van der Waals surface area contributed by atoms with Gasteiger partial charge in [0.05, 0.1) is 5.60 Å². The number of nitrogens with zero attached hydrogens (tertiary/aromatic N) is 2. The molecule has 2 aliphatic rings. The van der Waals surface area contributed by atoms with Crippen molar-refractivity contribution in [1.29, 1.82) is 0 Å². The summed E-state index contributed by atoms with van der Waals surface area (Å²) in [5, 5.41) is 12.3. The van der Waals surface area contributed by atoms with E-state index in [0.29, 0.717) is 5.92 Å². The van der Waals surface area contributed by atoms with E-state index in [1.54, 1.807) is 0 Å². The Morgan fingerprint density at radius 1 is 1.08 bits per heavy atom. The first-order chi connectivity index (χ1) is 11.5. The number of benzene rings is 1. The zero-order valence-corrected chi connectivity index (χ0v) is 15.6. The average Bonchev–Trinajstić information content (AvgIpc) is 2.74. The van der Waals surface area contributed by atoms with Crippen molar-refractivity contribution in [3.05, 3.63) is 34.9 Å². The summed E-state index contributed by atoms with van der Waals surface area (Å²) in [6.45, 7) is 5.58. The molecule has 1 aliphatic carbocycles. The summed E-state index contributed by atoms with van der Waals surface area (Å²) in [6.07, 6.45) is 6.47. The van der Waals surface area contributed by atoms with Crippen molar-refractivity contribution < 1.29 is 5.11 Å². The fraction of sp³-hybridized carbons (Fsp3) is 0.700. The second-order valence-corrected chi connectivity index (χ2v) is 8.24. The Morgan fingerprint density at radius 3 is 2.50 bits per heavy atom. The maximum atomic E-state index is 11.5. The summed E-state index contributed by atoms with van der Waals surface area (Å²) in [7, 11) is 2.19. The second-order valence-electron chi connectivity index (χ2n) is 7.81. The van der Waals surface area contributed by atoms with Crippen LogP contribution in [-0.2, 0) is 6.42 Å². The zero-order chi connectivity index (χ0) is 17.0. The maximum absolute atomic E-state index is 11.5. The molecular weight excluding hydrogens is 320 g/mol. The molecular formula is C20H31ClN2O. The lowest BCUT2D eigenvalue weighted by atomic mass is 9.78. The summed E-state index contributed by atoms with van der Waals surface area (Å²) in [4.78, 5) is 4.95. The van der Waals surface area contributed by atoms with Gasteiger partial charge in [0, 0.05) is 50.1 Å². The van der Waals surface area contributed by atoms with Crippen LogP contribution in [0.15, 0.2) is 24.3 Å². The molecule has 3 rings (SSSR count). The predicted molar refractivity (Wildman–Crippen MR) is 101 cm³/mol. The largest absolute Gasteiger partial charge is 0.389 e. The van der Waals surface area contributed by atoms with Crippen LogP contribution < -0.4 is 0 Å². The highest BCUT2D eigenvalue weighted by molar-refractivity contribution is 6.30. The molecule has 0 amide bonds. The molecule has 0 radical (unpaired) electrons. The number of rotatable bonds is 4. The van der Waals surface area contributed by atoms with Gasteiger partial charge in [0.25, 0.3) is 0 Å². The van der Waals surface area contributed by atoms with Gasteiger partial charge < -0.3 is 14.9 Å². The molecule has 1 saturated carbocycles. The van der Waals surface area contributed by atoms with Gasteiger partial charge in [-0.3, -0.25) is 0 Å². The van der Waals surface area contributed by atoms with E-state index in [2.05, 4.69) is 29.0 Å². The third-order valence-electron chi connectivity index (χ3n) is 5.92. The molecule has 1 aromatic carbocycles. The predicted octanol–water partition coefficient (Wildman–Crippen LogP) is 3.44. The number of hydrogen-bond donors (Lipinski definition) is 1. The van der Waals surface area contributed by atoms with Gasteiger partial charge >= 0.3 is 0 Å². The van der Waals surface area contributed by atoms with Crippen LogP contribution in [-0.4, -0.2) is 60.3 Å². The minimum atomic E-state index is -0.576. The van der Waals surface area contributed by atoms with Gasteiger partial charge in [0.15, 0.2) is 0 Å². The minimum absolute atomic E-state index is 0.374. The summed E-state index contributed by atoms with van der Waals surface area (Å²) < 4.78 is 0. The second kappa shape index (κ2) is 8.18. The summed E-state index contributed by atoms with van der Waals surface area (Å²) in [5.74, 6) is 0.374. The first-order valence-corrected chi connectivity index (χ1v) is 9.81. The molecule has 3 nitrogen and oxygen atoms in total. The Kier molecular flexibility index (Phi) is 6.20. The monoisotopic (exact) mass is 350 g/mol. The van der Waals surface area contributed by atoms with Crippen molar-refractivity contribution in [1.82, 2.24) is 9.80 Å². The van der Waals surface area contributed by atoms with E-state index in [1.807, 2.05) is 12.1 Å². The van der Waals surface area contributed by atoms with Gasteiger partial charge in [-0.2, -0.15) is 0 Å². The summed E-state index contributed by atoms with van der Waals surface area (Å²) in [6, 6.07) is 8.01. The molecule has 2 fully saturated rings. The van der Waals surface area contributed by atoms with Crippen LogP contribution in [0.1, 0.15) is 37.7 Å². The Morgan fingerprint density at radius 2 is 1.79 bits per heavy atom. The Balaban J connectivity index is 1.69. The van der Waals surface area contributed by atoms with Gasteiger partial charge in [-0.05, 0) is 37.6 Å². The van der Waals surface area contributed by atoms with Crippen LogP contribution in [0.4, 0.5) is 0 Å². The van der Waals surface area contributed by atoms with Crippen LogP contribution in [0.5, 0.6) is 0 Å². The first-order valence-electron chi connectivity index (χ1n) is 9.43. The van der Waals surface area contributed by atoms with Gasteiger partial charge in [-0.1, -0.05) is 43.0 Å². The molecule has 2 unspecified atom stereocenters.